The molecule has 0 unspecified atom stereocenters. The number of likely N-dealkylation sites (tertiary alicyclic amines) is 2. The van der Waals surface area contributed by atoms with E-state index in [0.717, 1.165) is 57.4 Å². The molecule has 7 nitrogen and oxygen atoms in total. The lowest BCUT2D eigenvalue weighted by molar-refractivity contribution is 0.0355. The summed E-state index contributed by atoms with van der Waals surface area (Å²) in [6.07, 6.45) is 5.00. The van der Waals surface area contributed by atoms with Gasteiger partial charge in [-0.2, -0.15) is 0 Å². The first kappa shape index (κ1) is 22.7. The lowest BCUT2D eigenvalue weighted by Crippen LogP contribution is -2.49. The number of rotatable bonds is 5. The van der Waals surface area contributed by atoms with Crippen LogP contribution in [0.15, 0.2) is 24.5 Å². The highest BCUT2D eigenvalue weighted by molar-refractivity contribution is 5.94. The van der Waals surface area contributed by atoms with Crippen molar-refractivity contribution in [3.05, 3.63) is 52.5 Å². The van der Waals surface area contributed by atoms with Crippen LogP contribution in [0.25, 0.3) is 0 Å². The molecule has 172 valence electrons. The highest BCUT2D eigenvalue weighted by Gasteiger charge is 2.30. The van der Waals surface area contributed by atoms with Crippen molar-refractivity contribution in [2.24, 2.45) is 0 Å². The van der Waals surface area contributed by atoms with Gasteiger partial charge in [0.25, 0.3) is 5.91 Å². The van der Waals surface area contributed by atoms with Gasteiger partial charge in [-0.15, -0.1) is 0 Å². The average molecular weight is 438 g/mol. The summed E-state index contributed by atoms with van der Waals surface area (Å²) in [6.45, 7) is 10.2. The SMILES string of the molecule is Cc1ccc(CNc2ncnc(C(=O)N3CCC(N4CCC(O)CC4)CC3)c2C)cc1C. The Morgan fingerprint density at radius 3 is 2.44 bits per heavy atom. The lowest BCUT2D eigenvalue weighted by Gasteiger charge is -2.41. The minimum Gasteiger partial charge on any atom is -0.393 e. The number of aliphatic hydroxyl groups is 1. The molecular weight excluding hydrogens is 402 g/mol. The molecule has 1 amide bonds. The van der Waals surface area contributed by atoms with E-state index in [2.05, 4.69) is 52.2 Å². The van der Waals surface area contributed by atoms with Gasteiger partial charge in [0.15, 0.2) is 0 Å². The molecule has 4 rings (SSSR count). The number of aromatic nitrogens is 2. The maximum absolute atomic E-state index is 13.2. The first-order valence-corrected chi connectivity index (χ1v) is 11.8. The normalized spacial score (nSPS) is 18.7. The molecule has 32 heavy (non-hydrogen) atoms. The van der Waals surface area contributed by atoms with E-state index in [1.165, 1.54) is 23.0 Å². The number of nitrogens with one attached hydrogen (secondary N) is 1. The number of aryl methyl sites for hydroxylation is 2. The number of anilines is 1. The fourth-order valence-corrected chi connectivity index (χ4v) is 4.78. The third-order valence-electron chi connectivity index (χ3n) is 7.09. The van der Waals surface area contributed by atoms with Crippen LogP contribution in [0.2, 0.25) is 0 Å². The van der Waals surface area contributed by atoms with E-state index in [1.54, 1.807) is 0 Å². The average Bonchev–Trinajstić information content (AvgIpc) is 2.81. The van der Waals surface area contributed by atoms with Crippen LogP contribution >= 0.6 is 0 Å². The van der Waals surface area contributed by atoms with Gasteiger partial charge in [0.1, 0.15) is 17.8 Å². The molecule has 0 aliphatic carbocycles. The molecule has 3 heterocycles. The molecule has 0 atom stereocenters. The zero-order valence-electron chi connectivity index (χ0n) is 19.5. The summed E-state index contributed by atoms with van der Waals surface area (Å²) in [6, 6.07) is 6.93. The molecule has 7 heteroatoms. The summed E-state index contributed by atoms with van der Waals surface area (Å²) in [5, 5.41) is 13.1. The molecule has 2 fully saturated rings. The Morgan fingerprint density at radius 1 is 1.03 bits per heavy atom. The molecule has 2 N–H and O–H groups in total. The number of nitrogens with zero attached hydrogens (tertiary/aromatic N) is 4. The predicted molar refractivity (Wildman–Crippen MR) is 126 cm³/mol. The minimum atomic E-state index is -0.147. The molecule has 0 spiro atoms. The van der Waals surface area contributed by atoms with E-state index in [9.17, 15) is 9.90 Å². The third kappa shape index (κ3) is 5.10. The monoisotopic (exact) mass is 437 g/mol. The molecule has 1 aromatic heterocycles. The summed E-state index contributed by atoms with van der Waals surface area (Å²) in [4.78, 5) is 26.3. The second-order valence-electron chi connectivity index (χ2n) is 9.26. The predicted octanol–water partition coefficient (Wildman–Crippen LogP) is 3.08. The lowest BCUT2D eigenvalue weighted by atomic mass is 9.98. The van der Waals surface area contributed by atoms with Crippen LogP contribution < -0.4 is 5.32 Å². The molecule has 0 saturated carbocycles. The fourth-order valence-electron chi connectivity index (χ4n) is 4.78. The van der Waals surface area contributed by atoms with Crippen LogP contribution in [0.1, 0.15) is 58.4 Å². The van der Waals surface area contributed by atoms with Crippen LogP contribution in [-0.4, -0.2) is 69.1 Å². The van der Waals surface area contributed by atoms with Crippen LogP contribution in [0.3, 0.4) is 0 Å². The van der Waals surface area contributed by atoms with E-state index in [1.807, 2.05) is 11.8 Å². The minimum absolute atomic E-state index is 0.00773. The fraction of sp³-hybridized carbons (Fsp3) is 0.560. The quantitative estimate of drug-likeness (QED) is 0.748. The maximum atomic E-state index is 13.2. The van der Waals surface area contributed by atoms with Crippen molar-refractivity contribution >= 4 is 11.7 Å². The number of hydrogen-bond donors (Lipinski definition) is 2. The topological polar surface area (TPSA) is 81.6 Å². The highest BCUT2D eigenvalue weighted by Crippen LogP contribution is 2.23. The number of amides is 1. The Kier molecular flexibility index (Phi) is 7.06. The summed E-state index contributed by atoms with van der Waals surface area (Å²) >= 11 is 0. The Labute approximate surface area is 190 Å². The van der Waals surface area contributed by atoms with E-state index in [-0.39, 0.29) is 12.0 Å². The van der Waals surface area contributed by atoms with Crippen molar-refractivity contribution in [1.82, 2.24) is 19.8 Å². The Balaban J connectivity index is 1.36. The van der Waals surface area contributed by atoms with Crippen molar-refractivity contribution in [2.45, 2.75) is 65.1 Å². The molecule has 0 radical (unpaired) electrons. The van der Waals surface area contributed by atoms with E-state index in [0.29, 0.717) is 24.1 Å². The van der Waals surface area contributed by atoms with Crippen LogP contribution in [0.4, 0.5) is 5.82 Å². The van der Waals surface area contributed by atoms with Gasteiger partial charge < -0.3 is 20.2 Å². The zero-order chi connectivity index (χ0) is 22.7. The summed E-state index contributed by atoms with van der Waals surface area (Å²) < 4.78 is 0. The van der Waals surface area contributed by atoms with Gasteiger partial charge in [-0.1, -0.05) is 18.2 Å². The van der Waals surface area contributed by atoms with Gasteiger partial charge >= 0.3 is 0 Å². The third-order valence-corrected chi connectivity index (χ3v) is 7.09. The van der Waals surface area contributed by atoms with E-state index < -0.39 is 0 Å². The highest BCUT2D eigenvalue weighted by atomic mass is 16.3. The standard InChI is InChI=1S/C25H35N5O2/c1-17-4-5-20(14-18(17)2)15-26-24-19(3)23(27-16-28-24)25(32)30-10-6-21(7-11-30)29-12-8-22(31)9-13-29/h4-5,14,16,21-22,31H,6-13,15H2,1-3H3,(H,26,27,28). The van der Waals surface area contributed by atoms with Crippen LogP contribution in [0, 0.1) is 20.8 Å². The van der Waals surface area contributed by atoms with Gasteiger partial charge in [0.05, 0.1) is 6.10 Å². The first-order valence-electron chi connectivity index (χ1n) is 11.8. The van der Waals surface area contributed by atoms with E-state index >= 15 is 0 Å². The van der Waals surface area contributed by atoms with Crippen molar-refractivity contribution < 1.29 is 9.90 Å². The molecule has 2 aliphatic rings. The van der Waals surface area contributed by atoms with Crippen molar-refractivity contribution in [2.75, 3.05) is 31.5 Å². The van der Waals surface area contributed by atoms with Crippen LogP contribution in [-0.2, 0) is 6.54 Å². The van der Waals surface area contributed by atoms with Gasteiger partial charge in [0.2, 0.25) is 0 Å². The largest absolute Gasteiger partial charge is 0.393 e. The van der Waals surface area contributed by atoms with Gasteiger partial charge in [0, 0.05) is 44.3 Å². The Morgan fingerprint density at radius 2 is 1.75 bits per heavy atom. The second-order valence-corrected chi connectivity index (χ2v) is 9.26. The maximum Gasteiger partial charge on any atom is 0.272 e. The second kappa shape index (κ2) is 9.96. The zero-order valence-corrected chi connectivity index (χ0v) is 19.5. The number of benzene rings is 1. The van der Waals surface area contributed by atoms with Crippen molar-refractivity contribution in [3.8, 4) is 0 Å². The van der Waals surface area contributed by atoms with Gasteiger partial charge in [-0.25, -0.2) is 9.97 Å². The number of piperidine rings is 2. The number of carbonyl (C=O) groups excluding carboxylic acids is 1. The molecule has 0 bridgehead atoms. The molecular formula is C25H35N5O2. The van der Waals surface area contributed by atoms with Crippen LogP contribution in [0.5, 0.6) is 0 Å². The number of carbonyl (C=O) groups is 1. The van der Waals surface area contributed by atoms with Gasteiger partial charge in [-0.3, -0.25) is 4.79 Å². The Hall–Kier alpha value is -2.51. The van der Waals surface area contributed by atoms with Crippen molar-refractivity contribution in [3.63, 3.8) is 0 Å². The van der Waals surface area contributed by atoms with Crippen molar-refractivity contribution in [1.29, 1.82) is 0 Å². The number of hydrogen-bond acceptors (Lipinski definition) is 6. The smallest absolute Gasteiger partial charge is 0.272 e. The number of aliphatic hydroxyl groups excluding tert-OH is 1. The molecule has 1 aromatic carbocycles. The first-order chi connectivity index (χ1) is 15.4. The van der Waals surface area contributed by atoms with E-state index in [4.69, 9.17) is 0 Å². The molecule has 2 aromatic rings. The summed E-state index contributed by atoms with van der Waals surface area (Å²) in [7, 11) is 0. The molecule has 2 aliphatic heterocycles. The Bertz CT molecular complexity index is 947. The van der Waals surface area contributed by atoms with Gasteiger partial charge in [-0.05, 0) is 63.1 Å². The molecule has 2 saturated heterocycles. The summed E-state index contributed by atoms with van der Waals surface area (Å²) in [5.41, 5.74) is 5.02. The summed E-state index contributed by atoms with van der Waals surface area (Å²) in [5.74, 6) is 0.704.